The summed E-state index contributed by atoms with van der Waals surface area (Å²) in [4.78, 5) is 18.0. The Kier molecular flexibility index (Phi) is 6.33. The van der Waals surface area contributed by atoms with Gasteiger partial charge in [-0.05, 0) is 31.4 Å². The monoisotopic (exact) mass is 263 g/mol. The van der Waals surface area contributed by atoms with Crippen molar-refractivity contribution >= 4 is 17.4 Å². The average molecular weight is 263 g/mol. The number of carbonyl (C=O) groups is 1. The molecule has 0 aliphatic heterocycles. The summed E-state index contributed by atoms with van der Waals surface area (Å²) in [6.07, 6.45) is 4.38. The van der Waals surface area contributed by atoms with Gasteiger partial charge >= 0.3 is 0 Å². The standard InChI is InChI=1S/C15H25N3O/c1-5-16-14-10-9-13(11-17-14)18(4)15(19)8-6-7-12(2)3/h9-12H,5-8H2,1-4H3,(H,16,17). The van der Waals surface area contributed by atoms with Gasteiger partial charge in [0.1, 0.15) is 5.82 Å². The quantitative estimate of drug-likeness (QED) is 0.821. The summed E-state index contributed by atoms with van der Waals surface area (Å²) in [5, 5.41) is 3.14. The van der Waals surface area contributed by atoms with Gasteiger partial charge in [-0.1, -0.05) is 20.3 Å². The lowest BCUT2D eigenvalue weighted by Crippen LogP contribution is -2.26. The Morgan fingerprint density at radius 1 is 1.42 bits per heavy atom. The van der Waals surface area contributed by atoms with E-state index in [9.17, 15) is 4.79 Å². The van der Waals surface area contributed by atoms with Crippen molar-refractivity contribution in [3.8, 4) is 0 Å². The van der Waals surface area contributed by atoms with Gasteiger partial charge in [-0.3, -0.25) is 4.79 Å². The summed E-state index contributed by atoms with van der Waals surface area (Å²) in [5.74, 6) is 1.64. The van der Waals surface area contributed by atoms with Gasteiger partial charge in [0, 0.05) is 20.0 Å². The van der Waals surface area contributed by atoms with E-state index >= 15 is 0 Å². The molecule has 1 amide bonds. The Morgan fingerprint density at radius 3 is 2.68 bits per heavy atom. The zero-order valence-corrected chi connectivity index (χ0v) is 12.4. The molecule has 1 aromatic heterocycles. The van der Waals surface area contributed by atoms with Crippen molar-refractivity contribution < 1.29 is 4.79 Å². The molecule has 0 radical (unpaired) electrons. The van der Waals surface area contributed by atoms with E-state index in [1.54, 1.807) is 11.1 Å². The van der Waals surface area contributed by atoms with Crippen molar-refractivity contribution in [3.05, 3.63) is 18.3 Å². The van der Waals surface area contributed by atoms with Crippen molar-refractivity contribution in [2.45, 2.75) is 40.0 Å². The largest absolute Gasteiger partial charge is 0.370 e. The summed E-state index contributed by atoms with van der Waals surface area (Å²) in [6, 6.07) is 3.82. The normalized spacial score (nSPS) is 10.6. The molecule has 4 heteroatoms. The highest BCUT2D eigenvalue weighted by atomic mass is 16.2. The SMILES string of the molecule is CCNc1ccc(N(C)C(=O)CCCC(C)C)cn1. The lowest BCUT2D eigenvalue weighted by Gasteiger charge is -2.17. The van der Waals surface area contributed by atoms with Crippen LogP contribution in [0.4, 0.5) is 11.5 Å². The number of pyridine rings is 1. The number of hydrogen-bond donors (Lipinski definition) is 1. The van der Waals surface area contributed by atoms with Crippen LogP contribution >= 0.6 is 0 Å². The Morgan fingerprint density at radius 2 is 2.16 bits per heavy atom. The van der Waals surface area contributed by atoms with Crippen LogP contribution in [0, 0.1) is 5.92 Å². The van der Waals surface area contributed by atoms with Crippen LogP contribution in [0.1, 0.15) is 40.0 Å². The summed E-state index contributed by atoms with van der Waals surface area (Å²) >= 11 is 0. The fourth-order valence-electron chi connectivity index (χ4n) is 1.84. The van der Waals surface area contributed by atoms with Gasteiger partial charge in [0.25, 0.3) is 0 Å². The maximum atomic E-state index is 12.0. The third-order valence-corrected chi connectivity index (χ3v) is 3.04. The van der Waals surface area contributed by atoms with E-state index in [1.807, 2.05) is 26.1 Å². The van der Waals surface area contributed by atoms with Crippen molar-refractivity contribution in [3.63, 3.8) is 0 Å². The number of aromatic nitrogens is 1. The number of rotatable bonds is 7. The molecule has 106 valence electrons. The van der Waals surface area contributed by atoms with Crippen molar-refractivity contribution in [1.82, 2.24) is 4.98 Å². The average Bonchev–Trinajstić information content (AvgIpc) is 2.38. The van der Waals surface area contributed by atoms with Gasteiger partial charge in [-0.25, -0.2) is 4.98 Å². The number of hydrogen-bond acceptors (Lipinski definition) is 3. The maximum Gasteiger partial charge on any atom is 0.226 e. The molecule has 1 aromatic rings. The first-order valence-electron chi connectivity index (χ1n) is 7.01. The van der Waals surface area contributed by atoms with Crippen LogP contribution in [0.5, 0.6) is 0 Å². The molecule has 0 spiro atoms. The molecule has 1 heterocycles. The van der Waals surface area contributed by atoms with Crippen LogP contribution in [0.3, 0.4) is 0 Å². The van der Waals surface area contributed by atoms with Crippen LogP contribution in [-0.4, -0.2) is 24.5 Å². The molecule has 0 atom stereocenters. The molecule has 0 fully saturated rings. The van der Waals surface area contributed by atoms with Crippen molar-refractivity contribution in [2.75, 3.05) is 23.8 Å². The fraction of sp³-hybridized carbons (Fsp3) is 0.600. The van der Waals surface area contributed by atoms with E-state index in [1.165, 1.54) is 0 Å². The van der Waals surface area contributed by atoms with Crippen LogP contribution in [0.15, 0.2) is 18.3 Å². The second kappa shape index (κ2) is 7.77. The third-order valence-electron chi connectivity index (χ3n) is 3.04. The minimum atomic E-state index is 0.152. The molecule has 0 saturated carbocycles. The summed E-state index contributed by atoms with van der Waals surface area (Å²) in [7, 11) is 1.81. The van der Waals surface area contributed by atoms with Crippen LogP contribution in [0.2, 0.25) is 0 Å². The maximum absolute atomic E-state index is 12.0. The third kappa shape index (κ3) is 5.28. The van der Waals surface area contributed by atoms with Gasteiger partial charge < -0.3 is 10.2 Å². The predicted molar refractivity (Wildman–Crippen MR) is 80.5 cm³/mol. The molecular weight excluding hydrogens is 238 g/mol. The van der Waals surface area contributed by atoms with E-state index in [2.05, 4.69) is 24.1 Å². The lowest BCUT2D eigenvalue weighted by molar-refractivity contribution is -0.118. The molecule has 0 unspecified atom stereocenters. The van der Waals surface area contributed by atoms with Gasteiger partial charge in [-0.15, -0.1) is 0 Å². The lowest BCUT2D eigenvalue weighted by atomic mass is 10.1. The number of nitrogens with one attached hydrogen (secondary N) is 1. The Balaban J connectivity index is 2.51. The van der Waals surface area contributed by atoms with E-state index in [-0.39, 0.29) is 5.91 Å². The molecule has 0 aliphatic carbocycles. The highest BCUT2D eigenvalue weighted by Gasteiger charge is 2.11. The molecule has 4 nitrogen and oxygen atoms in total. The highest BCUT2D eigenvalue weighted by molar-refractivity contribution is 5.92. The zero-order valence-electron chi connectivity index (χ0n) is 12.4. The van der Waals surface area contributed by atoms with Gasteiger partial charge in [0.05, 0.1) is 11.9 Å². The zero-order chi connectivity index (χ0) is 14.3. The minimum absolute atomic E-state index is 0.152. The van der Waals surface area contributed by atoms with Gasteiger partial charge in [0.15, 0.2) is 0 Å². The molecule has 1 N–H and O–H groups in total. The minimum Gasteiger partial charge on any atom is -0.370 e. The summed E-state index contributed by atoms with van der Waals surface area (Å²) in [6.45, 7) is 7.23. The molecular formula is C15H25N3O. The van der Waals surface area contributed by atoms with Crippen LogP contribution in [-0.2, 0) is 4.79 Å². The van der Waals surface area contributed by atoms with Crippen LogP contribution in [0.25, 0.3) is 0 Å². The fourth-order valence-corrected chi connectivity index (χ4v) is 1.84. The summed E-state index contributed by atoms with van der Waals surface area (Å²) < 4.78 is 0. The molecule has 0 aromatic carbocycles. The smallest absolute Gasteiger partial charge is 0.226 e. The van der Waals surface area contributed by atoms with E-state index in [0.717, 1.165) is 30.9 Å². The Hall–Kier alpha value is -1.58. The number of anilines is 2. The summed E-state index contributed by atoms with van der Waals surface area (Å²) in [5.41, 5.74) is 0.844. The Labute approximate surface area is 116 Å². The first-order chi connectivity index (χ1) is 9.04. The topological polar surface area (TPSA) is 45.2 Å². The molecule has 19 heavy (non-hydrogen) atoms. The van der Waals surface area contributed by atoms with E-state index in [0.29, 0.717) is 12.3 Å². The first-order valence-corrected chi connectivity index (χ1v) is 7.01. The van der Waals surface area contributed by atoms with Crippen molar-refractivity contribution in [2.24, 2.45) is 5.92 Å². The first kappa shape index (κ1) is 15.5. The van der Waals surface area contributed by atoms with E-state index < -0.39 is 0 Å². The second-order valence-electron chi connectivity index (χ2n) is 5.17. The van der Waals surface area contributed by atoms with Crippen molar-refractivity contribution in [1.29, 1.82) is 0 Å². The molecule has 0 bridgehead atoms. The highest BCUT2D eigenvalue weighted by Crippen LogP contribution is 2.16. The Bertz CT molecular complexity index is 387. The number of nitrogens with zero attached hydrogens (tertiary/aromatic N) is 2. The molecule has 0 saturated heterocycles. The van der Waals surface area contributed by atoms with Gasteiger partial charge in [-0.2, -0.15) is 0 Å². The van der Waals surface area contributed by atoms with Gasteiger partial charge in [0.2, 0.25) is 5.91 Å². The number of amides is 1. The second-order valence-corrected chi connectivity index (χ2v) is 5.17. The molecule has 0 aliphatic rings. The van der Waals surface area contributed by atoms with E-state index in [4.69, 9.17) is 0 Å². The number of carbonyl (C=O) groups excluding carboxylic acids is 1. The van der Waals surface area contributed by atoms with Crippen LogP contribution < -0.4 is 10.2 Å². The predicted octanol–water partition coefficient (Wildman–Crippen LogP) is 3.30. The molecule has 1 rings (SSSR count).